The van der Waals surface area contributed by atoms with Crippen LogP contribution in [0.5, 0.6) is 0 Å². The first kappa shape index (κ1) is 13.4. The number of aliphatic hydroxyl groups excluding tert-OH is 1. The van der Waals surface area contributed by atoms with E-state index >= 15 is 0 Å². The van der Waals surface area contributed by atoms with Crippen molar-refractivity contribution in [3.05, 3.63) is 35.4 Å². The third-order valence-electron chi connectivity index (χ3n) is 3.35. The van der Waals surface area contributed by atoms with Crippen molar-refractivity contribution in [2.75, 3.05) is 19.6 Å². The Morgan fingerprint density at radius 3 is 2.33 bits per heavy atom. The van der Waals surface area contributed by atoms with Crippen LogP contribution in [0.2, 0.25) is 0 Å². The lowest BCUT2D eigenvalue weighted by molar-refractivity contribution is -0.0134. The van der Waals surface area contributed by atoms with E-state index in [1.807, 2.05) is 0 Å². The molecule has 2 nitrogen and oxygen atoms in total. The summed E-state index contributed by atoms with van der Waals surface area (Å²) < 4.78 is 27.0. The van der Waals surface area contributed by atoms with Crippen LogP contribution in [0.3, 0.4) is 0 Å². The third-order valence-corrected chi connectivity index (χ3v) is 3.35. The van der Waals surface area contributed by atoms with Gasteiger partial charge in [-0.3, -0.25) is 0 Å². The topological polar surface area (TPSA) is 23.5 Å². The lowest BCUT2D eigenvalue weighted by Gasteiger charge is -2.42. The minimum absolute atomic E-state index is 0.0739. The van der Waals surface area contributed by atoms with E-state index in [0.29, 0.717) is 19.0 Å². The molecule has 0 spiro atoms. The second kappa shape index (κ2) is 5.33. The average Bonchev–Trinajstić information content (AvgIpc) is 2.22. The minimum Gasteiger partial charge on any atom is -0.388 e. The van der Waals surface area contributed by atoms with Crippen LogP contribution in [0.1, 0.15) is 25.5 Å². The predicted molar refractivity (Wildman–Crippen MR) is 66.1 cm³/mol. The monoisotopic (exact) mass is 255 g/mol. The second-order valence-corrected chi connectivity index (χ2v) is 5.45. The van der Waals surface area contributed by atoms with Gasteiger partial charge in [0.1, 0.15) is 11.6 Å². The van der Waals surface area contributed by atoms with Crippen LogP contribution in [0.15, 0.2) is 18.2 Å². The highest BCUT2D eigenvalue weighted by atomic mass is 19.1. The summed E-state index contributed by atoms with van der Waals surface area (Å²) in [4.78, 5) is 2.19. The summed E-state index contributed by atoms with van der Waals surface area (Å²) in [6.45, 7) is 6.61. The Kier molecular flexibility index (Phi) is 3.97. The van der Waals surface area contributed by atoms with Crippen molar-refractivity contribution in [3.63, 3.8) is 0 Å². The van der Waals surface area contributed by atoms with Gasteiger partial charge in [0.15, 0.2) is 0 Å². The number of halogens is 2. The van der Waals surface area contributed by atoms with Gasteiger partial charge in [-0.25, -0.2) is 8.78 Å². The Labute approximate surface area is 106 Å². The van der Waals surface area contributed by atoms with E-state index in [1.165, 1.54) is 18.2 Å². The highest BCUT2D eigenvalue weighted by Gasteiger charge is 2.35. The number of benzene rings is 1. The maximum Gasteiger partial charge on any atom is 0.131 e. The van der Waals surface area contributed by atoms with Crippen LogP contribution in [-0.2, 0) is 0 Å². The van der Waals surface area contributed by atoms with Gasteiger partial charge >= 0.3 is 0 Å². The average molecular weight is 255 g/mol. The normalized spacial score (nSPS) is 19.0. The van der Waals surface area contributed by atoms with Gasteiger partial charge in [0.2, 0.25) is 0 Å². The molecule has 0 saturated carbocycles. The molecule has 4 heteroatoms. The highest BCUT2D eigenvalue weighted by Crippen LogP contribution is 2.32. The van der Waals surface area contributed by atoms with Gasteiger partial charge in [0.05, 0.1) is 11.7 Å². The molecule has 18 heavy (non-hydrogen) atoms. The molecular weight excluding hydrogens is 236 g/mol. The van der Waals surface area contributed by atoms with Crippen molar-refractivity contribution < 1.29 is 13.9 Å². The van der Waals surface area contributed by atoms with E-state index in [0.717, 1.165) is 6.54 Å². The molecule has 1 atom stereocenters. The van der Waals surface area contributed by atoms with E-state index in [-0.39, 0.29) is 11.5 Å². The summed E-state index contributed by atoms with van der Waals surface area (Å²) in [5, 5.41) is 10.0. The zero-order valence-corrected chi connectivity index (χ0v) is 10.7. The van der Waals surface area contributed by atoms with E-state index < -0.39 is 17.7 Å². The van der Waals surface area contributed by atoms with E-state index in [4.69, 9.17) is 0 Å². The van der Waals surface area contributed by atoms with Crippen LogP contribution in [0.4, 0.5) is 8.78 Å². The first-order chi connectivity index (χ1) is 8.49. The molecule has 0 aliphatic carbocycles. The molecule has 1 fully saturated rings. The van der Waals surface area contributed by atoms with Crippen LogP contribution in [0.25, 0.3) is 0 Å². The summed E-state index contributed by atoms with van der Waals surface area (Å²) in [5.41, 5.74) is -0.188. The standard InChI is InChI=1S/C14H19F2NO/c1-9(2)6-17-7-10(8-17)14(18)13-11(15)4-3-5-12(13)16/h3-5,9-10,14,18H,6-8H2,1-2H3. The number of nitrogens with zero attached hydrogens (tertiary/aromatic N) is 1. The summed E-state index contributed by atoms with van der Waals surface area (Å²) in [5.74, 6) is -0.835. The number of hydrogen-bond acceptors (Lipinski definition) is 2. The molecule has 2 rings (SSSR count). The molecule has 1 aliphatic rings. The second-order valence-electron chi connectivity index (χ2n) is 5.45. The summed E-state index contributed by atoms with van der Waals surface area (Å²) >= 11 is 0. The first-order valence-electron chi connectivity index (χ1n) is 6.33. The Morgan fingerprint density at radius 1 is 1.28 bits per heavy atom. The van der Waals surface area contributed by atoms with Crippen LogP contribution < -0.4 is 0 Å². The fourth-order valence-corrected chi connectivity index (χ4v) is 2.50. The van der Waals surface area contributed by atoms with Crippen molar-refractivity contribution in [1.82, 2.24) is 4.90 Å². The Hall–Kier alpha value is -1.00. The molecule has 0 aromatic heterocycles. The number of likely N-dealkylation sites (tertiary alicyclic amines) is 1. The fourth-order valence-electron chi connectivity index (χ4n) is 2.50. The molecule has 100 valence electrons. The zero-order chi connectivity index (χ0) is 13.3. The molecule has 0 bridgehead atoms. The first-order valence-corrected chi connectivity index (χ1v) is 6.33. The number of rotatable bonds is 4. The van der Waals surface area contributed by atoms with Gasteiger partial charge in [0.25, 0.3) is 0 Å². The summed E-state index contributed by atoms with van der Waals surface area (Å²) in [7, 11) is 0. The lowest BCUT2D eigenvalue weighted by atomic mass is 9.88. The molecule has 1 N–H and O–H groups in total. The van der Waals surface area contributed by atoms with Crippen molar-refractivity contribution in [2.24, 2.45) is 11.8 Å². The predicted octanol–water partition coefficient (Wildman–Crippen LogP) is 2.59. The van der Waals surface area contributed by atoms with Crippen LogP contribution >= 0.6 is 0 Å². The van der Waals surface area contributed by atoms with Crippen molar-refractivity contribution in [2.45, 2.75) is 20.0 Å². The molecule has 1 saturated heterocycles. The van der Waals surface area contributed by atoms with E-state index in [2.05, 4.69) is 18.7 Å². The quantitative estimate of drug-likeness (QED) is 0.894. The smallest absolute Gasteiger partial charge is 0.131 e. The molecule has 0 radical (unpaired) electrons. The van der Waals surface area contributed by atoms with Crippen molar-refractivity contribution in [3.8, 4) is 0 Å². The number of aliphatic hydroxyl groups is 1. The molecular formula is C14H19F2NO. The van der Waals surface area contributed by atoms with Gasteiger partial charge in [-0.2, -0.15) is 0 Å². The molecule has 1 heterocycles. The van der Waals surface area contributed by atoms with Gasteiger partial charge in [-0.1, -0.05) is 19.9 Å². The Bertz CT molecular complexity index is 396. The summed E-state index contributed by atoms with van der Waals surface area (Å²) in [6.07, 6.45) is -1.05. The van der Waals surface area contributed by atoms with Gasteiger partial charge in [0, 0.05) is 25.6 Å². The van der Waals surface area contributed by atoms with Gasteiger partial charge in [-0.05, 0) is 18.1 Å². The zero-order valence-electron chi connectivity index (χ0n) is 10.7. The molecule has 1 aromatic carbocycles. The minimum atomic E-state index is -1.05. The summed E-state index contributed by atoms with van der Waals surface area (Å²) in [6, 6.07) is 3.69. The highest BCUT2D eigenvalue weighted by molar-refractivity contribution is 5.23. The molecule has 1 unspecified atom stereocenters. The van der Waals surface area contributed by atoms with Crippen molar-refractivity contribution >= 4 is 0 Å². The SMILES string of the molecule is CC(C)CN1CC(C(O)c2c(F)cccc2F)C1. The molecule has 1 aromatic rings. The third kappa shape index (κ3) is 2.70. The number of hydrogen-bond donors (Lipinski definition) is 1. The molecule has 0 amide bonds. The Morgan fingerprint density at radius 2 is 1.83 bits per heavy atom. The fraction of sp³-hybridized carbons (Fsp3) is 0.571. The Balaban J connectivity index is 2.00. The van der Waals surface area contributed by atoms with E-state index in [1.54, 1.807) is 0 Å². The van der Waals surface area contributed by atoms with Crippen LogP contribution in [0, 0.1) is 23.5 Å². The van der Waals surface area contributed by atoms with E-state index in [9.17, 15) is 13.9 Å². The van der Waals surface area contributed by atoms with Crippen LogP contribution in [-0.4, -0.2) is 29.6 Å². The maximum atomic E-state index is 13.5. The largest absolute Gasteiger partial charge is 0.388 e. The van der Waals surface area contributed by atoms with Gasteiger partial charge in [-0.15, -0.1) is 0 Å². The lowest BCUT2D eigenvalue weighted by Crippen LogP contribution is -2.50. The molecule has 1 aliphatic heterocycles. The van der Waals surface area contributed by atoms with Gasteiger partial charge < -0.3 is 10.0 Å². The van der Waals surface area contributed by atoms with Crippen molar-refractivity contribution in [1.29, 1.82) is 0 Å². The maximum absolute atomic E-state index is 13.5.